The van der Waals surface area contributed by atoms with E-state index in [0.29, 0.717) is 11.8 Å². The zero-order valence-electron chi connectivity index (χ0n) is 21.7. The fraction of sp³-hybridized carbons (Fsp3) is 0.594. The molecule has 1 aromatic rings. The van der Waals surface area contributed by atoms with E-state index >= 15 is 0 Å². The third-order valence-corrected chi connectivity index (χ3v) is 9.72. The molecule has 34 heavy (non-hydrogen) atoms. The van der Waals surface area contributed by atoms with Crippen LogP contribution in [0.25, 0.3) is 0 Å². The zero-order chi connectivity index (χ0) is 24.1. The van der Waals surface area contributed by atoms with Crippen molar-refractivity contribution in [2.75, 3.05) is 0 Å². The topological polar surface area (TPSA) is 29.1 Å². The van der Waals surface area contributed by atoms with Crippen LogP contribution in [0, 0.1) is 46.3 Å². The number of hydrogen-bond acceptors (Lipinski definition) is 1. The van der Waals surface area contributed by atoms with Crippen LogP contribution in [-0.4, -0.2) is 11.4 Å². The Bertz CT molecular complexity index is 1080. The van der Waals surface area contributed by atoms with Crippen molar-refractivity contribution < 1.29 is 4.79 Å². The Morgan fingerprint density at radius 1 is 1.00 bits per heavy atom. The first-order valence-electron chi connectivity index (χ1n) is 13.4. The minimum atomic E-state index is -0.159. The van der Waals surface area contributed by atoms with E-state index in [0.717, 1.165) is 24.3 Å². The molecule has 180 valence electrons. The van der Waals surface area contributed by atoms with Crippen LogP contribution in [0.5, 0.6) is 0 Å². The third-order valence-electron chi connectivity index (χ3n) is 9.72. The van der Waals surface area contributed by atoms with E-state index in [1.54, 1.807) is 0 Å². The van der Waals surface area contributed by atoms with Crippen molar-refractivity contribution in [3.63, 3.8) is 0 Å². The normalized spacial score (nSPS) is 36.6. The van der Waals surface area contributed by atoms with Crippen molar-refractivity contribution >= 4 is 5.91 Å². The molecule has 2 fully saturated rings. The predicted octanol–water partition coefficient (Wildman–Crippen LogP) is 7.07. The van der Waals surface area contributed by atoms with Gasteiger partial charge in [0.25, 0.3) is 0 Å². The molecule has 0 saturated heterocycles. The first-order valence-corrected chi connectivity index (χ1v) is 13.4. The lowest BCUT2D eigenvalue weighted by Gasteiger charge is -2.57. The number of amides is 1. The van der Waals surface area contributed by atoms with Crippen LogP contribution in [0.4, 0.5) is 0 Å². The Morgan fingerprint density at radius 2 is 1.76 bits per heavy atom. The van der Waals surface area contributed by atoms with Crippen molar-refractivity contribution in [1.82, 2.24) is 5.32 Å². The summed E-state index contributed by atoms with van der Waals surface area (Å²) in [6.07, 6.45) is 13.1. The number of rotatable bonds is 1. The second-order valence-electron chi connectivity index (χ2n) is 12.9. The molecule has 0 spiro atoms. The van der Waals surface area contributed by atoms with Crippen molar-refractivity contribution in [1.29, 1.82) is 0 Å². The fourth-order valence-electron chi connectivity index (χ4n) is 7.99. The van der Waals surface area contributed by atoms with Gasteiger partial charge in [-0.05, 0) is 118 Å². The lowest BCUT2D eigenvalue weighted by molar-refractivity contribution is -0.133. The zero-order valence-corrected chi connectivity index (χ0v) is 21.7. The summed E-state index contributed by atoms with van der Waals surface area (Å²) < 4.78 is 0. The molecule has 1 amide bonds. The fourth-order valence-corrected chi connectivity index (χ4v) is 7.99. The minimum Gasteiger partial charge on any atom is -0.351 e. The summed E-state index contributed by atoms with van der Waals surface area (Å²) in [5.41, 5.74) is 4.15. The second-order valence-corrected chi connectivity index (χ2v) is 12.9. The molecule has 4 aliphatic rings. The summed E-state index contributed by atoms with van der Waals surface area (Å²) >= 11 is 0. The van der Waals surface area contributed by atoms with E-state index < -0.39 is 0 Å². The molecule has 5 rings (SSSR count). The molecule has 2 saturated carbocycles. The average Bonchev–Trinajstić information content (AvgIpc) is 3.14. The van der Waals surface area contributed by atoms with E-state index in [1.807, 2.05) is 6.07 Å². The molecule has 0 heterocycles. The van der Waals surface area contributed by atoms with Crippen LogP contribution in [0.2, 0.25) is 0 Å². The third kappa shape index (κ3) is 4.06. The van der Waals surface area contributed by atoms with Gasteiger partial charge in [-0.1, -0.05) is 50.0 Å². The molecule has 1 aromatic carbocycles. The Kier molecular flexibility index (Phi) is 5.83. The first-order chi connectivity index (χ1) is 16.1. The molecule has 0 bridgehead atoms. The van der Waals surface area contributed by atoms with Gasteiger partial charge in [0.2, 0.25) is 5.91 Å². The summed E-state index contributed by atoms with van der Waals surface area (Å²) in [5.74, 6) is 9.40. The highest BCUT2D eigenvalue weighted by Crippen LogP contribution is 2.66. The van der Waals surface area contributed by atoms with Crippen LogP contribution >= 0.6 is 0 Å². The highest BCUT2D eigenvalue weighted by Gasteiger charge is 2.59. The molecule has 1 N–H and O–H groups in total. The lowest BCUT2D eigenvalue weighted by atomic mass is 9.48. The molecule has 2 nitrogen and oxygen atoms in total. The van der Waals surface area contributed by atoms with Crippen molar-refractivity contribution in [3.05, 3.63) is 59.2 Å². The second kappa shape index (κ2) is 8.44. The van der Waals surface area contributed by atoms with Gasteiger partial charge in [-0.25, -0.2) is 0 Å². The molecular weight excluding hydrogens is 414 g/mol. The average molecular weight is 456 g/mol. The van der Waals surface area contributed by atoms with Gasteiger partial charge in [0, 0.05) is 22.6 Å². The SMILES string of the molecule is CC(C)(C)NC(=O)[C@H]1CC[C@H]2[C@@H]3CC=C4C=C(C#Cc5ccccc5)CC[C@]4(C)[C@H]3CC[C@]12C. The van der Waals surface area contributed by atoms with Gasteiger partial charge in [-0.3, -0.25) is 4.79 Å². The van der Waals surface area contributed by atoms with Crippen LogP contribution < -0.4 is 5.32 Å². The smallest absolute Gasteiger partial charge is 0.224 e. The summed E-state index contributed by atoms with van der Waals surface area (Å²) in [6, 6.07) is 10.3. The predicted molar refractivity (Wildman–Crippen MR) is 140 cm³/mol. The Labute approximate surface area is 206 Å². The van der Waals surface area contributed by atoms with E-state index in [9.17, 15) is 4.79 Å². The number of nitrogens with one attached hydrogen (secondary N) is 1. The maximum Gasteiger partial charge on any atom is 0.224 e. The number of benzene rings is 1. The molecule has 0 unspecified atom stereocenters. The minimum absolute atomic E-state index is 0.148. The maximum absolute atomic E-state index is 13.2. The monoisotopic (exact) mass is 455 g/mol. The Hall–Kier alpha value is -2.27. The lowest BCUT2D eigenvalue weighted by Crippen LogP contribution is -2.52. The molecular formula is C32H41NO. The van der Waals surface area contributed by atoms with Gasteiger partial charge in [0.1, 0.15) is 0 Å². The van der Waals surface area contributed by atoms with Crippen LogP contribution in [0.15, 0.2) is 53.6 Å². The highest BCUT2D eigenvalue weighted by molar-refractivity contribution is 5.80. The molecule has 0 aromatic heterocycles. The van der Waals surface area contributed by atoms with Gasteiger partial charge in [0.15, 0.2) is 0 Å². The maximum atomic E-state index is 13.2. The highest BCUT2D eigenvalue weighted by atomic mass is 16.2. The van der Waals surface area contributed by atoms with Gasteiger partial charge >= 0.3 is 0 Å². The number of hydrogen-bond donors (Lipinski definition) is 1. The van der Waals surface area contributed by atoms with Gasteiger partial charge in [-0.15, -0.1) is 0 Å². The van der Waals surface area contributed by atoms with Gasteiger partial charge in [0.05, 0.1) is 0 Å². The number of fused-ring (bicyclic) bond motifs is 5. The first kappa shape index (κ1) is 23.5. The van der Waals surface area contributed by atoms with Crippen LogP contribution in [-0.2, 0) is 4.79 Å². The largest absolute Gasteiger partial charge is 0.351 e. The summed E-state index contributed by atoms with van der Waals surface area (Å²) in [6.45, 7) is 11.3. The summed E-state index contributed by atoms with van der Waals surface area (Å²) in [5, 5.41) is 3.30. The summed E-state index contributed by atoms with van der Waals surface area (Å²) in [7, 11) is 0. The number of carbonyl (C=O) groups excluding carboxylic acids is 1. The molecule has 0 radical (unpaired) electrons. The standard InChI is InChI=1S/C32H41NO/c1-30(2,3)33-29(34)28-16-15-26-25-14-13-24-21-23(12-11-22-9-7-6-8-10-22)17-19-31(24,4)27(25)18-20-32(26,28)5/h6-10,13,21,25-28H,14-20H2,1-5H3,(H,33,34)/t25-,26-,27-,28+,31-,32-/m0/s1. The Balaban J connectivity index is 1.37. The number of carbonyl (C=O) groups is 1. The molecule has 2 heteroatoms. The number of allylic oxidation sites excluding steroid dienone is 4. The van der Waals surface area contributed by atoms with Crippen molar-refractivity contribution in [3.8, 4) is 11.8 Å². The molecule has 0 aliphatic heterocycles. The Morgan fingerprint density at radius 3 is 2.50 bits per heavy atom. The van der Waals surface area contributed by atoms with E-state index in [-0.39, 0.29) is 28.2 Å². The molecule has 4 aliphatic carbocycles. The van der Waals surface area contributed by atoms with Crippen molar-refractivity contribution in [2.45, 2.75) is 85.1 Å². The van der Waals surface area contributed by atoms with Crippen molar-refractivity contribution in [2.24, 2.45) is 34.5 Å². The van der Waals surface area contributed by atoms with Crippen LogP contribution in [0.1, 0.15) is 85.1 Å². The quantitative estimate of drug-likeness (QED) is 0.451. The summed E-state index contributed by atoms with van der Waals surface area (Å²) in [4.78, 5) is 13.2. The van der Waals surface area contributed by atoms with Gasteiger partial charge in [-0.2, -0.15) is 0 Å². The van der Waals surface area contributed by atoms with E-state index in [1.165, 1.54) is 43.3 Å². The van der Waals surface area contributed by atoms with E-state index in [2.05, 4.69) is 88.2 Å². The molecule has 6 atom stereocenters. The van der Waals surface area contributed by atoms with E-state index in [4.69, 9.17) is 0 Å². The van der Waals surface area contributed by atoms with Crippen LogP contribution in [0.3, 0.4) is 0 Å². The van der Waals surface area contributed by atoms with Gasteiger partial charge < -0.3 is 5.32 Å².